The molecule has 0 aromatic heterocycles. The number of aliphatic hydroxyl groups excluding tert-OH is 1. The Bertz CT molecular complexity index is 340. The summed E-state index contributed by atoms with van der Waals surface area (Å²) < 4.78 is 0. The molecule has 0 saturated heterocycles. The zero-order valence-electron chi connectivity index (χ0n) is 9.43. The predicted octanol–water partition coefficient (Wildman–Crippen LogP) is 2.12. The van der Waals surface area contributed by atoms with Crippen molar-refractivity contribution in [3.63, 3.8) is 0 Å². The molecular weight excluding hydrogens is 218 g/mol. The van der Waals surface area contributed by atoms with E-state index in [1.54, 1.807) is 0 Å². The van der Waals surface area contributed by atoms with Gasteiger partial charge < -0.3 is 10.8 Å². The Morgan fingerprint density at radius 1 is 1.38 bits per heavy atom. The maximum Gasteiger partial charge on any atom is 0.0521 e. The quantitative estimate of drug-likeness (QED) is 0.792. The van der Waals surface area contributed by atoms with Crippen molar-refractivity contribution in [3.8, 4) is 0 Å². The molecule has 1 aliphatic rings. The van der Waals surface area contributed by atoms with E-state index in [9.17, 15) is 0 Å². The fraction of sp³-hybridized carbons (Fsp3) is 0.538. The minimum atomic E-state index is 0.121. The molecule has 16 heavy (non-hydrogen) atoms. The molecular formula is C13H19NOS. The van der Waals surface area contributed by atoms with Crippen LogP contribution in [-0.2, 0) is 6.42 Å². The normalized spacial score (nSPS) is 24.9. The van der Waals surface area contributed by atoms with Crippen LogP contribution in [0.4, 0.5) is 0 Å². The Labute approximate surface area is 101 Å². The summed E-state index contributed by atoms with van der Waals surface area (Å²) >= 11 is 1.81. The van der Waals surface area contributed by atoms with E-state index in [2.05, 4.69) is 24.3 Å². The van der Waals surface area contributed by atoms with Gasteiger partial charge in [-0.25, -0.2) is 0 Å². The van der Waals surface area contributed by atoms with Crippen LogP contribution in [0.1, 0.15) is 30.0 Å². The van der Waals surface area contributed by atoms with Gasteiger partial charge in [-0.05, 0) is 30.4 Å². The largest absolute Gasteiger partial charge is 0.396 e. The van der Waals surface area contributed by atoms with Gasteiger partial charge in [-0.15, -0.1) is 0 Å². The molecule has 0 spiro atoms. The van der Waals surface area contributed by atoms with Gasteiger partial charge in [0.2, 0.25) is 0 Å². The van der Waals surface area contributed by atoms with Crippen molar-refractivity contribution >= 4 is 11.8 Å². The number of hydrogen-bond donors (Lipinski definition) is 2. The number of nitrogens with two attached hydrogens (primary N) is 1. The fourth-order valence-corrected chi connectivity index (χ4v) is 3.45. The number of aryl methyl sites for hydroxylation is 1. The molecule has 3 N–H and O–H groups in total. The molecule has 88 valence electrons. The number of benzene rings is 1. The first-order chi connectivity index (χ1) is 7.83. The molecule has 1 aromatic rings. The highest BCUT2D eigenvalue weighted by atomic mass is 32.2. The molecule has 0 fully saturated rings. The first kappa shape index (κ1) is 12.0. The highest BCUT2D eigenvalue weighted by molar-refractivity contribution is 7.99. The SMILES string of the molecule is NC1c2ccccc2CCCC1SCCO. The number of hydrogen-bond acceptors (Lipinski definition) is 3. The van der Waals surface area contributed by atoms with E-state index in [4.69, 9.17) is 10.8 Å². The van der Waals surface area contributed by atoms with Gasteiger partial charge in [0.05, 0.1) is 6.61 Å². The molecule has 2 unspecified atom stereocenters. The van der Waals surface area contributed by atoms with E-state index in [0.717, 1.165) is 18.6 Å². The van der Waals surface area contributed by atoms with Crippen molar-refractivity contribution < 1.29 is 5.11 Å². The van der Waals surface area contributed by atoms with Crippen LogP contribution >= 0.6 is 11.8 Å². The average molecular weight is 237 g/mol. The topological polar surface area (TPSA) is 46.2 Å². The lowest BCUT2D eigenvalue weighted by Gasteiger charge is -2.22. The Morgan fingerprint density at radius 3 is 3.00 bits per heavy atom. The summed E-state index contributed by atoms with van der Waals surface area (Å²) in [5, 5.41) is 9.34. The molecule has 3 heteroatoms. The van der Waals surface area contributed by atoms with Gasteiger partial charge in [0.15, 0.2) is 0 Å². The van der Waals surface area contributed by atoms with E-state index in [1.165, 1.54) is 17.5 Å². The van der Waals surface area contributed by atoms with Crippen LogP contribution < -0.4 is 5.73 Å². The lowest BCUT2D eigenvalue weighted by atomic mass is 10.00. The molecule has 2 atom stereocenters. The second-order valence-corrected chi connectivity index (χ2v) is 5.60. The van der Waals surface area contributed by atoms with Crippen LogP contribution in [0.2, 0.25) is 0 Å². The van der Waals surface area contributed by atoms with Gasteiger partial charge in [-0.1, -0.05) is 24.3 Å². The summed E-state index contributed by atoms with van der Waals surface area (Å²) in [4.78, 5) is 0. The van der Waals surface area contributed by atoms with Crippen LogP contribution in [0.3, 0.4) is 0 Å². The lowest BCUT2D eigenvalue weighted by molar-refractivity contribution is 0.322. The van der Waals surface area contributed by atoms with Crippen LogP contribution in [0.15, 0.2) is 24.3 Å². The minimum absolute atomic E-state index is 0.121. The highest BCUT2D eigenvalue weighted by Gasteiger charge is 2.24. The average Bonchev–Trinajstić information content (AvgIpc) is 2.47. The molecule has 2 nitrogen and oxygen atoms in total. The summed E-state index contributed by atoms with van der Waals surface area (Å²) in [6, 6.07) is 8.62. The van der Waals surface area contributed by atoms with Gasteiger partial charge in [0, 0.05) is 17.0 Å². The zero-order chi connectivity index (χ0) is 11.4. The number of fused-ring (bicyclic) bond motifs is 1. The standard InChI is InChI=1S/C13H19NOS/c14-13-11-6-2-1-4-10(11)5-3-7-12(13)16-9-8-15/h1-2,4,6,12-13,15H,3,5,7-9,14H2. The van der Waals surface area contributed by atoms with E-state index >= 15 is 0 Å². The van der Waals surface area contributed by atoms with Gasteiger partial charge >= 0.3 is 0 Å². The summed E-state index contributed by atoms with van der Waals surface area (Å²) in [7, 11) is 0. The maximum atomic E-state index is 8.89. The molecule has 0 aliphatic heterocycles. The van der Waals surface area contributed by atoms with Crippen molar-refractivity contribution in [2.75, 3.05) is 12.4 Å². The van der Waals surface area contributed by atoms with E-state index in [-0.39, 0.29) is 12.6 Å². The molecule has 1 aromatic carbocycles. The van der Waals surface area contributed by atoms with Gasteiger partial charge in [0.25, 0.3) is 0 Å². The molecule has 0 saturated carbocycles. The summed E-state index contributed by atoms with van der Waals surface area (Å²) in [6.45, 7) is 0.246. The third kappa shape index (κ3) is 2.59. The summed E-state index contributed by atoms with van der Waals surface area (Å²) in [5.41, 5.74) is 9.03. The molecule has 2 rings (SSSR count). The van der Waals surface area contributed by atoms with Crippen LogP contribution in [-0.4, -0.2) is 22.7 Å². The molecule has 0 amide bonds. The van der Waals surface area contributed by atoms with Crippen LogP contribution in [0.5, 0.6) is 0 Å². The molecule has 0 bridgehead atoms. The molecule has 1 aliphatic carbocycles. The maximum absolute atomic E-state index is 8.89. The van der Waals surface area contributed by atoms with Crippen molar-refractivity contribution in [3.05, 3.63) is 35.4 Å². The van der Waals surface area contributed by atoms with Gasteiger partial charge in [0.1, 0.15) is 0 Å². The number of aliphatic hydroxyl groups is 1. The second kappa shape index (κ2) is 5.71. The fourth-order valence-electron chi connectivity index (χ4n) is 2.35. The first-order valence-electron chi connectivity index (χ1n) is 5.89. The van der Waals surface area contributed by atoms with Crippen molar-refractivity contribution in [2.24, 2.45) is 5.73 Å². The minimum Gasteiger partial charge on any atom is -0.396 e. The first-order valence-corrected chi connectivity index (χ1v) is 6.93. The van der Waals surface area contributed by atoms with E-state index in [0.29, 0.717) is 5.25 Å². The Hall–Kier alpha value is -0.510. The van der Waals surface area contributed by atoms with Crippen molar-refractivity contribution in [2.45, 2.75) is 30.6 Å². The van der Waals surface area contributed by atoms with Crippen molar-refractivity contribution in [1.29, 1.82) is 0 Å². The molecule has 0 radical (unpaired) electrons. The lowest BCUT2D eigenvalue weighted by Crippen LogP contribution is -2.23. The Kier molecular flexibility index (Phi) is 4.27. The van der Waals surface area contributed by atoms with Gasteiger partial charge in [-0.3, -0.25) is 0 Å². The molecule has 0 heterocycles. The summed E-state index contributed by atoms with van der Waals surface area (Å²) in [5.74, 6) is 0.792. The third-order valence-corrected chi connectivity index (χ3v) is 4.55. The van der Waals surface area contributed by atoms with Crippen molar-refractivity contribution in [1.82, 2.24) is 0 Å². The Balaban J connectivity index is 2.16. The smallest absolute Gasteiger partial charge is 0.0521 e. The predicted molar refractivity (Wildman–Crippen MR) is 69.6 cm³/mol. The monoisotopic (exact) mass is 237 g/mol. The summed E-state index contributed by atoms with van der Waals surface area (Å²) in [6.07, 6.45) is 3.49. The second-order valence-electron chi connectivity index (χ2n) is 4.25. The van der Waals surface area contributed by atoms with Gasteiger partial charge in [-0.2, -0.15) is 11.8 Å². The van der Waals surface area contributed by atoms with E-state index < -0.39 is 0 Å². The van der Waals surface area contributed by atoms with E-state index in [1.807, 2.05) is 11.8 Å². The van der Waals surface area contributed by atoms with Crippen LogP contribution in [0, 0.1) is 0 Å². The van der Waals surface area contributed by atoms with Crippen LogP contribution in [0.25, 0.3) is 0 Å². The number of thioether (sulfide) groups is 1. The zero-order valence-corrected chi connectivity index (χ0v) is 10.2. The third-order valence-electron chi connectivity index (χ3n) is 3.17. The number of rotatable bonds is 3. The Morgan fingerprint density at radius 2 is 2.19 bits per heavy atom. The highest BCUT2D eigenvalue weighted by Crippen LogP contribution is 2.33.